The van der Waals surface area contributed by atoms with Gasteiger partial charge in [0.1, 0.15) is 0 Å². The number of rotatable bonds is 0. The Balaban J connectivity index is 3.09. The van der Waals surface area contributed by atoms with Gasteiger partial charge in [0.25, 0.3) is 5.56 Å². The van der Waals surface area contributed by atoms with Crippen molar-refractivity contribution in [1.29, 1.82) is 0 Å². The highest BCUT2D eigenvalue weighted by Crippen LogP contribution is 2.17. The van der Waals surface area contributed by atoms with Crippen molar-refractivity contribution < 1.29 is 4.52 Å². The van der Waals surface area contributed by atoms with Gasteiger partial charge in [0.05, 0.1) is 5.39 Å². The lowest BCUT2D eigenvalue weighted by molar-refractivity contribution is 0.447. The van der Waals surface area contributed by atoms with E-state index in [1.807, 2.05) is 26.0 Å². The first-order valence-electron chi connectivity index (χ1n) is 3.77. The fraction of sp³-hybridized carbons (Fsp3) is 0.222. The van der Waals surface area contributed by atoms with Gasteiger partial charge in [-0.25, -0.2) is 0 Å². The summed E-state index contributed by atoms with van der Waals surface area (Å²) in [6.07, 6.45) is 0. The summed E-state index contributed by atoms with van der Waals surface area (Å²) in [7, 11) is 0. The van der Waals surface area contributed by atoms with Crippen molar-refractivity contribution in [2.45, 2.75) is 13.8 Å². The molecule has 0 aliphatic heterocycles. The summed E-state index contributed by atoms with van der Waals surface area (Å²) in [4.78, 5) is 11.2. The van der Waals surface area contributed by atoms with Gasteiger partial charge in [-0.2, -0.15) is 5.16 Å². The average molecular weight is 163 g/mol. The molecule has 0 radical (unpaired) electrons. The fourth-order valence-corrected chi connectivity index (χ4v) is 1.35. The van der Waals surface area contributed by atoms with Crippen molar-refractivity contribution in [3.8, 4) is 0 Å². The number of aromatic amines is 1. The number of nitrogens with one attached hydrogen (secondary N) is 1. The topological polar surface area (TPSA) is 46.0 Å². The van der Waals surface area contributed by atoms with Crippen LogP contribution in [-0.4, -0.2) is 5.16 Å². The van der Waals surface area contributed by atoms with Gasteiger partial charge in [-0.1, -0.05) is 12.1 Å². The molecule has 3 nitrogen and oxygen atoms in total. The van der Waals surface area contributed by atoms with E-state index in [2.05, 4.69) is 5.16 Å². The van der Waals surface area contributed by atoms with Crippen LogP contribution >= 0.6 is 0 Å². The molecule has 62 valence electrons. The lowest BCUT2D eigenvalue weighted by atomic mass is 10.1. The summed E-state index contributed by atoms with van der Waals surface area (Å²) in [5.41, 5.74) is 2.45. The Hall–Kier alpha value is -1.51. The molecule has 0 atom stereocenters. The molecular weight excluding hydrogens is 154 g/mol. The summed E-state index contributed by atoms with van der Waals surface area (Å²) in [6.45, 7) is 3.81. The number of hydrogen-bond acceptors (Lipinski definition) is 2. The molecule has 0 spiro atoms. The van der Waals surface area contributed by atoms with Crippen molar-refractivity contribution in [3.63, 3.8) is 0 Å². The molecule has 0 unspecified atom stereocenters. The summed E-state index contributed by atoms with van der Waals surface area (Å²) >= 11 is 0. The molecule has 3 heteroatoms. The van der Waals surface area contributed by atoms with E-state index < -0.39 is 0 Å². The lowest BCUT2D eigenvalue weighted by Gasteiger charge is -1.94. The van der Waals surface area contributed by atoms with E-state index in [1.54, 1.807) is 0 Å². The average Bonchev–Trinajstić information content (AvgIpc) is 2.42. The van der Waals surface area contributed by atoms with Gasteiger partial charge in [0.15, 0.2) is 5.58 Å². The number of H-pyrrole nitrogens is 1. The zero-order valence-corrected chi connectivity index (χ0v) is 6.97. The summed E-state index contributed by atoms with van der Waals surface area (Å²) in [6, 6.07) is 3.86. The number of fused-ring (bicyclic) bond motifs is 1. The number of hydrogen-bond donors (Lipinski definition) is 1. The molecule has 0 fully saturated rings. The zero-order valence-electron chi connectivity index (χ0n) is 6.97. The predicted octanol–water partition coefficient (Wildman–Crippen LogP) is 1.74. The number of aromatic nitrogens is 1. The molecule has 2 aromatic rings. The van der Waals surface area contributed by atoms with Gasteiger partial charge in [0, 0.05) is 0 Å². The van der Waals surface area contributed by atoms with E-state index in [0.29, 0.717) is 11.0 Å². The standard InChI is InChI=1S/C9H9NO2/c1-5-3-4-6(2)8-7(5)9(11)10-12-8/h3-4H,1-2H3,(H,10,11). The number of benzene rings is 1. The van der Waals surface area contributed by atoms with Gasteiger partial charge >= 0.3 is 0 Å². The normalized spacial score (nSPS) is 10.8. The van der Waals surface area contributed by atoms with Gasteiger partial charge in [-0.05, 0) is 25.0 Å². The molecule has 1 aromatic carbocycles. The maximum absolute atomic E-state index is 11.2. The van der Waals surface area contributed by atoms with Crippen molar-refractivity contribution in [3.05, 3.63) is 33.6 Å². The Morgan fingerprint density at radius 2 is 1.92 bits per heavy atom. The first kappa shape index (κ1) is 7.16. The minimum absolute atomic E-state index is 0.147. The van der Waals surface area contributed by atoms with Crippen LogP contribution in [0.1, 0.15) is 11.1 Å². The first-order chi connectivity index (χ1) is 5.70. The Morgan fingerprint density at radius 1 is 1.25 bits per heavy atom. The maximum Gasteiger partial charge on any atom is 0.288 e. The second-order valence-electron chi connectivity index (χ2n) is 2.94. The highest BCUT2D eigenvalue weighted by Gasteiger charge is 2.07. The van der Waals surface area contributed by atoms with E-state index >= 15 is 0 Å². The maximum atomic E-state index is 11.2. The van der Waals surface area contributed by atoms with Crippen molar-refractivity contribution in [2.24, 2.45) is 0 Å². The first-order valence-corrected chi connectivity index (χ1v) is 3.77. The quantitative estimate of drug-likeness (QED) is 0.643. The molecule has 0 bridgehead atoms. The van der Waals surface area contributed by atoms with Crippen molar-refractivity contribution >= 4 is 11.0 Å². The second-order valence-corrected chi connectivity index (χ2v) is 2.94. The Morgan fingerprint density at radius 3 is 2.58 bits per heavy atom. The summed E-state index contributed by atoms with van der Waals surface area (Å²) in [5.74, 6) is 0. The van der Waals surface area contributed by atoms with Crippen LogP contribution in [0.25, 0.3) is 11.0 Å². The summed E-state index contributed by atoms with van der Waals surface area (Å²) < 4.78 is 5.02. The highest BCUT2D eigenvalue weighted by atomic mass is 16.5. The van der Waals surface area contributed by atoms with Crippen LogP contribution < -0.4 is 5.56 Å². The largest absolute Gasteiger partial charge is 0.378 e. The zero-order chi connectivity index (χ0) is 8.72. The lowest BCUT2D eigenvalue weighted by Crippen LogP contribution is -1.98. The van der Waals surface area contributed by atoms with Crippen LogP contribution in [0.2, 0.25) is 0 Å². The van der Waals surface area contributed by atoms with E-state index in [9.17, 15) is 4.79 Å². The van der Waals surface area contributed by atoms with Gasteiger partial charge in [-0.3, -0.25) is 4.79 Å². The molecule has 0 saturated heterocycles. The van der Waals surface area contributed by atoms with Crippen LogP contribution in [-0.2, 0) is 0 Å². The number of aryl methyl sites for hydroxylation is 2. The van der Waals surface area contributed by atoms with E-state index in [-0.39, 0.29) is 5.56 Å². The van der Waals surface area contributed by atoms with E-state index in [4.69, 9.17) is 4.52 Å². The smallest absolute Gasteiger partial charge is 0.288 e. The van der Waals surface area contributed by atoms with Gasteiger partial charge in [0.2, 0.25) is 0 Å². The third-order valence-electron chi connectivity index (χ3n) is 2.04. The molecule has 1 heterocycles. The monoisotopic (exact) mass is 163 g/mol. The SMILES string of the molecule is Cc1ccc(C)c2c(=O)[nH]oc12. The van der Waals surface area contributed by atoms with Crippen molar-refractivity contribution in [2.75, 3.05) is 0 Å². The Bertz CT molecular complexity index is 479. The van der Waals surface area contributed by atoms with Crippen LogP contribution in [0.15, 0.2) is 21.5 Å². The molecule has 2 rings (SSSR count). The molecule has 12 heavy (non-hydrogen) atoms. The van der Waals surface area contributed by atoms with Crippen LogP contribution in [0.4, 0.5) is 0 Å². The molecule has 1 aromatic heterocycles. The third kappa shape index (κ3) is 0.794. The molecule has 1 N–H and O–H groups in total. The molecule has 0 aliphatic rings. The van der Waals surface area contributed by atoms with E-state index in [0.717, 1.165) is 11.1 Å². The predicted molar refractivity (Wildman–Crippen MR) is 46.3 cm³/mol. The third-order valence-corrected chi connectivity index (χ3v) is 2.04. The second kappa shape index (κ2) is 2.24. The highest BCUT2D eigenvalue weighted by molar-refractivity contribution is 5.82. The van der Waals surface area contributed by atoms with Gasteiger partial charge in [-0.15, -0.1) is 0 Å². The molecule has 0 amide bonds. The molecule has 0 saturated carbocycles. The fourth-order valence-electron chi connectivity index (χ4n) is 1.35. The minimum atomic E-state index is -0.147. The summed E-state index contributed by atoms with van der Waals surface area (Å²) in [5, 5.41) is 2.99. The molecule has 0 aliphatic carbocycles. The van der Waals surface area contributed by atoms with Crippen molar-refractivity contribution in [1.82, 2.24) is 5.16 Å². The minimum Gasteiger partial charge on any atom is -0.378 e. The Kier molecular flexibility index (Phi) is 1.33. The van der Waals surface area contributed by atoms with Gasteiger partial charge < -0.3 is 4.52 Å². The van der Waals surface area contributed by atoms with Crippen LogP contribution in [0.3, 0.4) is 0 Å². The van der Waals surface area contributed by atoms with Crippen LogP contribution in [0.5, 0.6) is 0 Å². The molecular formula is C9H9NO2. The van der Waals surface area contributed by atoms with E-state index in [1.165, 1.54) is 0 Å². The van der Waals surface area contributed by atoms with Crippen LogP contribution in [0, 0.1) is 13.8 Å². The Labute approximate surface area is 69.0 Å².